The number of hydrogen-bond acceptors (Lipinski definition) is 5. The number of para-hydroxylation sites is 1. The van der Waals surface area contributed by atoms with Crippen LogP contribution < -0.4 is 10.2 Å². The smallest absolute Gasteiger partial charge is 0.231 e. The van der Waals surface area contributed by atoms with E-state index in [0.717, 1.165) is 47.0 Å². The molecule has 0 radical (unpaired) electrons. The molecule has 2 aromatic carbocycles. The first-order valence-electron chi connectivity index (χ1n) is 10.7. The molecule has 6 nitrogen and oxygen atoms in total. The van der Waals surface area contributed by atoms with Crippen LogP contribution in [-0.4, -0.2) is 27.4 Å². The fourth-order valence-electron chi connectivity index (χ4n) is 3.98. The van der Waals surface area contributed by atoms with Gasteiger partial charge < -0.3 is 10.2 Å². The van der Waals surface area contributed by atoms with Crippen molar-refractivity contribution >= 4 is 23.1 Å². The first-order chi connectivity index (χ1) is 15.7. The highest BCUT2D eigenvalue weighted by molar-refractivity contribution is 5.96. The molecular formula is C26H23N5O. The van der Waals surface area contributed by atoms with E-state index in [2.05, 4.69) is 26.3 Å². The average Bonchev–Trinajstić information content (AvgIpc) is 3.25. The van der Waals surface area contributed by atoms with Gasteiger partial charge in [0, 0.05) is 47.6 Å². The summed E-state index contributed by atoms with van der Waals surface area (Å²) >= 11 is 0. The van der Waals surface area contributed by atoms with Crippen LogP contribution >= 0.6 is 0 Å². The van der Waals surface area contributed by atoms with E-state index in [1.807, 2.05) is 72.5 Å². The lowest BCUT2D eigenvalue weighted by Gasteiger charge is -2.17. The number of anilines is 3. The van der Waals surface area contributed by atoms with Gasteiger partial charge in [-0.3, -0.25) is 9.78 Å². The molecule has 1 aliphatic heterocycles. The Bertz CT molecular complexity index is 1250. The van der Waals surface area contributed by atoms with Crippen LogP contribution in [0.5, 0.6) is 0 Å². The number of fused-ring (bicyclic) bond motifs is 1. The van der Waals surface area contributed by atoms with Crippen molar-refractivity contribution in [2.45, 2.75) is 19.8 Å². The van der Waals surface area contributed by atoms with Crippen LogP contribution in [0.1, 0.15) is 16.8 Å². The molecule has 1 amide bonds. The molecule has 158 valence electrons. The fourth-order valence-corrected chi connectivity index (χ4v) is 3.98. The number of benzene rings is 2. The van der Waals surface area contributed by atoms with Crippen molar-refractivity contribution in [2.75, 3.05) is 16.8 Å². The second kappa shape index (κ2) is 8.59. The van der Waals surface area contributed by atoms with Crippen LogP contribution in [0.15, 0.2) is 79.1 Å². The van der Waals surface area contributed by atoms with Gasteiger partial charge in [-0.25, -0.2) is 9.97 Å². The topological polar surface area (TPSA) is 71.0 Å². The third kappa shape index (κ3) is 4.21. The zero-order chi connectivity index (χ0) is 21.9. The monoisotopic (exact) mass is 421 g/mol. The number of aryl methyl sites for hydroxylation is 1. The van der Waals surface area contributed by atoms with Crippen molar-refractivity contribution in [1.82, 2.24) is 15.0 Å². The Hall–Kier alpha value is -4.06. The van der Waals surface area contributed by atoms with Crippen molar-refractivity contribution in [2.24, 2.45) is 0 Å². The molecule has 0 atom stereocenters. The summed E-state index contributed by atoms with van der Waals surface area (Å²) in [6, 6.07) is 21.8. The molecule has 4 aromatic rings. The van der Waals surface area contributed by atoms with E-state index in [1.54, 1.807) is 12.4 Å². The molecule has 0 unspecified atom stereocenters. The molecule has 0 spiro atoms. The molecule has 32 heavy (non-hydrogen) atoms. The van der Waals surface area contributed by atoms with Gasteiger partial charge in [0.2, 0.25) is 5.91 Å². The normalized spacial score (nSPS) is 12.5. The maximum atomic E-state index is 12.9. The zero-order valence-electron chi connectivity index (χ0n) is 17.8. The van der Waals surface area contributed by atoms with Crippen LogP contribution in [0, 0.1) is 6.92 Å². The molecule has 2 aromatic heterocycles. The lowest BCUT2D eigenvalue weighted by Crippen LogP contribution is -2.30. The number of hydrogen-bond donors (Lipinski definition) is 1. The number of carbonyl (C=O) groups excluding carboxylic acids is 1. The summed E-state index contributed by atoms with van der Waals surface area (Å²) in [4.78, 5) is 28.0. The Morgan fingerprint density at radius 2 is 1.78 bits per heavy atom. The van der Waals surface area contributed by atoms with Gasteiger partial charge >= 0.3 is 0 Å². The number of carbonyl (C=O) groups is 1. The molecule has 3 heterocycles. The largest absolute Gasteiger partial charge is 0.340 e. The van der Waals surface area contributed by atoms with Gasteiger partial charge in [0.15, 0.2) is 5.82 Å². The molecule has 0 saturated heterocycles. The SMILES string of the molecule is Cc1cc(Nc2ccc(CC(=O)N3CCc4ccccc43)cc2)nc(-c2ccncc2)n1. The summed E-state index contributed by atoms with van der Waals surface area (Å²) in [5, 5.41) is 3.34. The van der Waals surface area contributed by atoms with E-state index in [-0.39, 0.29) is 5.91 Å². The summed E-state index contributed by atoms with van der Waals surface area (Å²) in [7, 11) is 0. The van der Waals surface area contributed by atoms with Crippen molar-refractivity contribution in [3.8, 4) is 11.4 Å². The second-order valence-electron chi connectivity index (χ2n) is 7.88. The number of nitrogens with one attached hydrogen (secondary N) is 1. The van der Waals surface area contributed by atoms with E-state index < -0.39 is 0 Å². The highest BCUT2D eigenvalue weighted by Gasteiger charge is 2.23. The molecule has 5 rings (SSSR count). The Kier molecular flexibility index (Phi) is 5.34. The van der Waals surface area contributed by atoms with Gasteiger partial charge in [-0.05, 0) is 54.8 Å². The van der Waals surface area contributed by atoms with Gasteiger partial charge in [0.1, 0.15) is 5.82 Å². The summed E-state index contributed by atoms with van der Waals surface area (Å²) in [6.45, 7) is 2.70. The van der Waals surface area contributed by atoms with Gasteiger partial charge in [-0.2, -0.15) is 0 Å². The molecule has 1 N–H and O–H groups in total. The predicted molar refractivity (Wildman–Crippen MR) is 126 cm³/mol. The minimum Gasteiger partial charge on any atom is -0.340 e. The third-order valence-electron chi connectivity index (χ3n) is 5.56. The summed E-state index contributed by atoms with van der Waals surface area (Å²) < 4.78 is 0. The average molecular weight is 422 g/mol. The highest BCUT2D eigenvalue weighted by atomic mass is 16.2. The minimum atomic E-state index is 0.129. The van der Waals surface area contributed by atoms with Crippen molar-refractivity contribution in [1.29, 1.82) is 0 Å². The minimum absolute atomic E-state index is 0.129. The van der Waals surface area contributed by atoms with E-state index >= 15 is 0 Å². The van der Waals surface area contributed by atoms with Crippen LogP contribution in [0.3, 0.4) is 0 Å². The molecule has 6 heteroatoms. The van der Waals surface area contributed by atoms with Crippen LogP contribution in [-0.2, 0) is 17.6 Å². The Balaban J connectivity index is 1.28. The predicted octanol–water partition coefficient (Wildman–Crippen LogP) is 4.72. The van der Waals surface area contributed by atoms with Crippen LogP contribution in [0.2, 0.25) is 0 Å². The molecule has 0 saturated carbocycles. The Morgan fingerprint density at radius 1 is 1.00 bits per heavy atom. The van der Waals surface area contributed by atoms with Gasteiger partial charge in [0.05, 0.1) is 6.42 Å². The standard InChI is InChI=1S/C26H23N5O/c1-18-16-24(30-26(28-18)21-10-13-27-14-11-21)29-22-8-6-19(7-9-22)17-25(32)31-15-12-20-4-2-3-5-23(20)31/h2-11,13-14,16H,12,15,17H2,1H3,(H,28,29,30). The lowest BCUT2D eigenvalue weighted by molar-refractivity contribution is -0.117. The molecule has 0 fully saturated rings. The van der Waals surface area contributed by atoms with E-state index in [4.69, 9.17) is 0 Å². The number of nitrogens with zero attached hydrogens (tertiary/aromatic N) is 4. The second-order valence-corrected chi connectivity index (χ2v) is 7.88. The zero-order valence-corrected chi connectivity index (χ0v) is 17.8. The number of rotatable bonds is 5. The van der Waals surface area contributed by atoms with Crippen molar-refractivity contribution < 1.29 is 4.79 Å². The van der Waals surface area contributed by atoms with E-state index in [9.17, 15) is 4.79 Å². The molecular weight excluding hydrogens is 398 g/mol. The first-order valence-corrected chi connectivity index (χ1v) is 10.7. The number of amides is 1. The van der Waals surface area contributed by atoms with Crippen molar-refractivity contribution in [3.63, 3.8) is 0 Å². The number of pyridine rings is 1. The fraction of sp³-hybridized carbons (Fsp3) is 0.154. The highest BCUT2D eigenvalue weighted by Crippen LogP contribution is 2.28. The van der Waals surface area contributed by atoms with Crippen molar-refractivity contribution in [3.05, 3.63) is 95.9 Å². The molecule has 1 aliphatic rings. The van der Waals surface area contributed by atoms with Gasteiger partial charge in [-0.15, -0.1) is 0 Å². The Labute approximate surface area is 187 Å². The van der Waals surface area contributed by atoms with Crippen LogP contribution in [0.4, 0.5) is 17.2 Å². The summed E-state index contributed by atoms with van der Waals surface area (Å²) in [5.74, 6) is 1.51. The van der Waals surface area contributed by atoms with Gasteiger partial charge in [-0.1, -0.05) is 30.3 Å². The Morgan fingerprint density at radius 3 is 2.59 bits per heavy atom. The molecule has 0 aliphatic carbocycles. The van der Waals surface area contributed by atoms with E-state index in [0.29, 0.717) is 12.2 Å². The van der Waals surface area contributed by atoms with Crippen LogP contribution in [0.25, 0.3) is 11.4 Å². The van der Waals surface area contributed by atoms with E-state index in [1.165, 1.54) is 5.56 Å². The quantitative estimate of drug-likeness (QED) is 0.505. The summed E-state index contributed by atoms with van der Waals surface area (Å²) in [6.07, 6.45) is 4.77. The third-order valence-corrected chi connectivity index (χ3v) is 5.56. The maximum Gasteiger partial charge on any atom is 0.231 e. The molecule has 0 bridgehead atoms. The van der Waals surface area contributed by atoms with Gasteiger partial charge in [0.25, 0.3) is 0 Å². The maximum absolute atomic E-state index is 12.9. The number of aromatic nitrogens is 3. The first kappa shape index (κ1) is 19.9. The lowest BCUT2D eigenvalue weighted by atomic mass is 10.1. The summed E-state index contributed by atoms with van der Waals surface area (Å²) in [5.41, 5.74) is 5.98.